The Morgan fingerprint density at radius 2 is 2.18 bits per heavy atom. The number of hydrogen-bond donors (Lipinski definition) is 0. The Morgan fingerprint density at radius 3 is 2.77 bits per heavy atom. The molecule has 0 N–H and O–H groups in total. The third-order valence-corrected chi connectivity index (χ3v) is 5.38. The highest BCUT2D eigenvalue weighted by atomic mass is 35.5. The van der Waals surface area contributed by atoms with Crippen LogP contribution < -0.4 is 4.90 Å². The molecule has 1 fully saturated rings. The van der Waals surface area contributed by atoms with E-state index in [4.69, 9.17) is 16.3 Å². The van der Waals surface area contributed by atoms with E-state index in [2.05, 4.69) is 0 Å². The number of ether oxygens (including phenoxy) is 1. The van der Waals surface area contributed by atoms with Crippen molar-refractivity contribution in [1.82, 2.24) is 0 Å². The van der Waals surface area contributed by atoms with Crippen LogP contribution in [0.3, 0.4) is 0 Å². The summed E-state index contributed by atoms with van der Waals surface area (Å²) in [5, 5.41) is 1.66. The summed E-state index contributed by atoms with van der Waals surface area (Å²) in [6, 6.07) is 6.33. The van der Waals surface area contributed by atoms with Crippen LogP contribution in [0.25, 0.3) is 0 Å². The fourth-order valence-electron chi connectivity index (χ4n) is 2.76. The molecule has 0 unspecified atom stereocenters. The SMILES string of the molecule is O=C([C@H]1CCCO1)N(c1cccc(Cl)c1)[C@H]1C=CS(=O)(=O)C1. The number of benzene rings is 1. The molecule has 7 heteroatoms. The lowest BCUT2D eigenvalue weighted by Gasteiger charge is -2.29. The average molecular weight is 342 g/mol. The van der Waals surface area contributed by atoms with Crippen molar-refractivity contribution in [3.63, 3.8) is 0 Å². The van der Waals surface area contributed by atoms with E-state index in [0.29, 0.717) is 23.7 Å². The molecule has 3 rings (SSSR count). The zero-order chi connectivity index (χ0) is 15.7. The van der Waals surface area contributed by atoms with Crippen molar-refractivity contribution >= 4 is 33.0 Å². The molecule has 5 nitrogen and oxygen atoms in total. The summed E-state index contributed by atoms with van der Waals surface area (Å²) in [6.45, 7) is 0.554. The van der Waals surface area contributed by atoms with Crippen LogP contribution in [-0.2, 0) is 19.4 Å². The van der Waals surface area contributed by atoms with Crippen molar-refractivity contribution in [3.8, 4) is 0 Å². The highest BCUT2D eigenvalue weighted by Crippen LogP contribution is 2.28. The van der Waals surface area contributed by atoms with E-state index in [1.165, 1.54) is 4.90 Å². The number of anilines is 1. The van der Waals surface area contributed by atoms with Gasteiger partial charge in [0, 0.05) is 22.7 Å². The Bertz CT molecular complexity index is 710. The molecule has 0 radical (unpaired) electrons. The Balaban J connectivity index is 1.95. The van der Waals surface area contributed by atoms with Crippen LogP contribution in [0.15, 0.2) is 35.7 Å². The van der Waals surface area contributed by atoms with E-state index >= 15 is 0 Å². The summed E-state index contributed by atoms with van der Waals surface area (Å²) >= 11 is 6.01. The second-order valence-electron chi connectivity index (χ2n) is 5.42. The topological polar surface area (TPSA) is 63.7 Å². The molecular weight excluding hydrogens is 326 g/mol. The molecule has 2 aliphatic rings. The van der Waals surface area contributed by atoms with E-state index < -0.39 is 22.0 Å². The van der Waals surface area contributed by atoms with Crippen LogP contribution in [0.5, 0.6) is 0 Å². The van der Waals surface area contributed by atoms with Gasteiger partial charge in [0.25, 0.3) is 5.91 Å². The zero-order valence-corrected chi connectivity index (χ0v) is 13.4. The largest absolute Gasteiger partial charge is 0.368 e. The first-order chi connectivity index (χ1) is 10.5. The molecule has 0 bridgehead atoms. The second kappa shape index (κ2) is 6.02. The van der Waals surface area contributed by atoms with Gasteiger partial charge in [-0.25, -0.2) is 8.42 Å². The molecule has 118 valence electrons. The molecular formula is C15H16ClNO4S. The molecule has 22 heavy (non-hydrogen) atoms. The highest BCUT2D eigenvalue weighted by Gasteiger charge is 2.36. The standard InChI is InChI=1S/C15H16ClNO4S/c16-11-3-1-4-12(9-11)17(13-6-8-22(19,20)10-13)15(18)14-5-2-7-21-14/h1,3-4,6,8-9,13-14H,2,5,7,10H2/t13-,14+/m0/s1. The molecule has 0 spiro atoms. The number of hydrogen-bond acceptors (Lipinski definition) is 4. The fourth-order valence-corrected chi connectivity index (χ4v) is 4.21. The van der Waals surface area contributed by atoms with Crippen molar-refractivity contribution in [2.24, 2.45) is 0 Å². The van der Waals surface area contributed by atoms with Crippen LogP contribution in [0, 0.1) is 0 Å². The lowest BCUT2D eigenvalue weighted by Crippen LogP contribution is -2.46. The monoisotopic (exact) mass is 341 g/mol. The Hall–Kier alpha value is -1.37. The van der Waals surface area contributed by atoms with Crippen molar-refractivity contribution in [1.29, 1.82) is 0 Å². The van der Waals surface area contributed by atoms with Gasteiger partial charge in [0.15, 0.2) is 9.84 Å². The van der Waals surface area contributed by atoms with Gasteiger partial charge in [-0.3, -0.25) is 4.79 Å². The predicted octanol–water partition coefficient (Wildman–Crippen LogP) is 2.16. The first kappa shape index (κ1) is 15.5. The van der Waals surface area contributed by atoms with Gasteiger partial charge in [-0.05, 0) is 37.1 Å². The van der Waals surface area contributed by atoms with Gasteiger partial charge in [0.05, 0.1) is 11.8 Å². The highest BCUT2D eigenvalue weighted by molar-refractivity contribution is 7.94. The average Bonchev–Trinajstić information content (AvgIpc) is 3.09. The summed E-state index contributed by atoms with van der Waals surface area (Å²) < 4.78 is 28.9. The maximum atomic E-state index is 12.8. The van der Waals surface area contributed by atoms with Gasteiger partial charge in [-0.2, -0.15) is 0 Å². The lowest BCUT2D eigenvalue weighted by molar-refractivity contribution is -0.127. The van der Waals surface area contributed by atoms with Crippen molar-refractivity contribution in [2.75, 3.05) is 17.3 Å². The van der Waals surface area contributed by atoms with E-state index in [9.17, 15) is 13.2 Å². The molecule has 1 amide bonds. The number of rotatable bonds is 3. The summed E-state index contributed by atoms with van der Waals surface area (Å²) in [7, 11) is -3.26. The van der Waals surface area contributed by atoms with Crippen molar-refractivity contribution in [3.05, 3.63) is 40.8 Å². The quantitative estimate of drug-likeness (QED) is 0.845. The maximum absolute atomic E-state index is 12.8. The van der Waals surface area contributed by atoms with Gasteiger partial charge < -0.3 is 9.64 Å². The van der Waals surface area contributed by atoms with Crippen LogP contribution in [0.1, 0.15) is 12.8 Å². The minimum absolute atomic E-state index is 0.113. The molecule has 2 aliphatic heterocycles. The van der Waals surface area contributed by atoms with Gasteiger partial charge in [-0.15, -0.1) is 0 Å². The Labute approximate surface area is 134 Å². The van der Waals surface area contributed by atoms with Crippen LogP contribution in [0.4, 0.5) is 5.69 Å². The van der Waals surface area contributed by atoms with Crippen LogP contribution >= 0.6 is 11.6 Å². The first-order valence-corrected chi connectivity index (χ1v) is 9.17. The molecule has 1 aromatic carbocycles. The number of halogens is 1. The first-order valence-electron chi connectivity index (χ1n) is 7.07. The van der Waals surface area contributed by atoms with Gasteiger partial charge in [0.2, 0.25) is 0 Å². The molecule has 0 aromatic heterocycles. The summed E-state index contributed by atoms with van der Waals surface area (Å²) in [4.78, 5) is 14.3. The summed E-state index contributed by atoms with van der Waals surface area (Å²) in [5.74, 6) is -0.329. The number of sulfone groups is 1. The van der Waals surface area contributed by atoms with Crippen LogP contribution in [0.2, 0.25) is 5.02 Å². The molecule has 2 atom stereocenters. The minimum Gasteiger partial charge on any atom is -0.368 e. The predicted molar refractivity (Wildman–Crippen MR) is 84.6 cm³/mol. The molecule has 1 saturated heterocycles. The third kappa shape index (κ3) is 3.19. The number of amides is 1. The van der Waals surface area contributed by atoms with Gasteiger partial charge in [0.1, 0.15) is 6.10 Å². The molecule has 2 heterocycles. The molecule has 0 aliphatic carbocycles. The molecule has 1 aromatic rings. The maximum Gasteiger partial charge on any atom is 0.256 e. The number of carbonyl (C=O) groups excluding carboxylic acids is 1. The van der Waals surface area contributed by atoms with E-state index in [0.717, 1.165) is 11.8 Å². The molecule has 0 saturated carbocycles. The van der Waals surface area contributed by atoms with E-state index in [1.807, 2.05) is 0 Å². The normalized spacial score (nSPS) is 26.2. The van der Waals surface area contributed by atoms with Crippen molar-refractivity contribution in [2.45, 2.75) is 25.0 Å². The summed E-state index contributed by atoms with van der Waals surface area (Å²) in [6.07, 6.45) is 2.51. The van der Waals surface area contributed by atoms with E-state index in [1.54, 1.807) is 30.3 Å². The lowest BCUT2D eigenvalue weighted by atomic mass is 10.1. The van der Waals surface area contributed by atoms with Gasteiger partial charge >= 0.3 is 0 Å². The third-order valence-electron chi connectivity index (χ3n) is 3.77. The van der Waals surface area contributed by atoms with Gasteiger partial charge in [-0.1, -0.05) is 17.7 Å². The smallest absolute Gasteiger partial charge is 0.256 e. The minimum atomic E-state index is -3.26. The Kier molecular flexibility index (Phi) is 4.25. The van der Waals surface area contributed by atoms with Crippen LogP contribution in [-0.4, -0.2) is 38.8 Å². The number of carbonyl (C=O) groups is 1. The fraction of sp³-hybridized carbons (Fsp3) is 0.400. The summed E-state index contributed by atoms with van der Waals surface area (Å²) in [5.41, 5.74) is 0.583. The second-order valence-corrected chi connectivity index (χ2v) is 7.78. The van der Waals surface area contributed by atoms with Crippen molar-refractivity contribution < 1.29 is 17.9 Å². The Morgan fingerprint density at radius 1 is 1.36 bits per heavy atom. The zero-order valence-electron chi connectivity index (χ0n) is 11.8. The van der Waals surface area contributed by atoms with E-state index in [-0.39, 0.29) is 11.7 Å². The number of nitrogens with zero attached hydrogens (tertiary/aromatic N) is 1.